The zero-order chi connectivity index (χ0) is 19.2. The van der Waals surface area contributed by atoms with Gasteiger partial charge in [0.2, 0.25) is 15.7 Å². The number of carbonyl (C=O) groups is 1. The van der Waals surface area contributed by atoms with Crippen molar-refractivity contribution >= 4 is 32.8 Å². The predicted molar refractivity (Wildman–Crippen MR) is 97.7 cm³/mol. The van der Waals surface area contributed by atoms with Gasteiger partial charge in [-0.15, -0.1) is 11.3 Å². The lowest BCUT2D eigenvalue weighted by molar-refractivity contribution is -0.116. The van der Waals surface area contributed by atoms with Crippen molar-refractivity contribution in [3.05, 3.63) is 76.0 Å². The summed E-state index contributed by atoms with van der Waals surface area (Å²) < 4.78 is 53.8. The highest BCUT2D eigenvalue weighted by Crippen LogP contribution is 2.46. The molecule has 0 saturated carbocycles. The third kappa shape index (κ3) is 3.04. The molecule has 1 N–H and O–H groups in total. The standard InChI is InChI=1S/C19H13F2NO3S2/c20-11-6-7-15(21)13(8-11)14-9-17(23)22-18-16(10-26-19(14)18)27(24,25)12-4-2-1-3-5-12/h1-8,10,14H,9H2,(H,22,23). The second-order valence-corrected chi connectivity index (χ2v) is 8.96. The van der Waals surface area contributed by atoms with E-state index in [-0.39, 0.29) is 27.5 Å². The fourth-order valence-corrected chi connectivity index (χ4v) is 6.08. The summed E-state index contributed by atoms with van der Waals surface area (Å²) in [4.78, 5) is 12.8. The highest BCUT2D eigenvalue weighted by Gasteiger charge is 2.35. The second-order valence-electron chi connectivity index (χ2n) is 6.13. The molecule has 138 valence electrons. The molecule has 2 aromatic carbocycles. The van der Waals surface area contributed by atoms with E-state index in [2.05, 4.69) is 5.32 Å². The van der Waals surface area contributed by atoms with Gasteiger partial charge >= 0.3 is 0 Å². The van der Waals surface area contributed by atoms with Crippen molar-refractivity contribution in [2.45, 2.75) is 22.1 Å². The normalized spacial score (nSPS) is 16.7. The number of amides is 1. The molecule has 4 nitrogen and oxygen atoms in total. The molecule has 1 amide bonds. The van der Waals surface area contributed by atoms with Crippen molar-refractivity contribution in [3.63, 3.8) is 0 Å². The van der Waals surface area contributed by atoms with Gasteiger partial charge in [0.1, 0.15) is 16.5 Å². The molecule has 1 atom stereocenters. The molecule has 0 bridgehead atoms. The number of anilines is 1. The molecule has 1 aliphatic heterocycles. The van der Waals surface area contributed by atoms with Crippen LogP contribution in [0.4, 0.5) is 14.5 Å². The molecule has 1 aromatic heterocycles. The van der Waals surface area contributed by atoms with Crippen molar-refractivity contribution < 1.29 is 22.0 Å². The first-order valence-electron chi connectivity index (χ1n) is 8.04. The Bertz CT molecular complexity index is 1140. The van der Waals surface area contributed by atoms with Gasteiger partial charge in [0.15, 0.2) is 0 Å². The Morgan fingerprint density at radius 1 is 1.07 bits per heavy atom. The molecule has 8 heteroatoms. The number of halogens is 2. The van der Waals surface area contributed by atoms with Crippen LogP contribution in [0.2, 0.25) is 0 Å². The SMILES string of the molecule is O=C1CC(c2cc(F)ccc2F)c2scc(S(=O)(=O)c3ccccc3)c2N1. The van der Waals surface area contributed by atoms with Gasteiger partial charge in [0.25, 0.3) is 0 Å². The molecule has 0 radical (unpaired) electrons. The third-order valence-electron chi connectivity index (χ3n) is 4.43. The van der Waals surface area contributed by atoms with Crippen LogP contribution in [0.15, 0.2) is 63.7 Å². The second kappa shape index (κ2) is 6.54. The molecular formula is C19H13F2NO3S2. The molecule has 0 fully saturated rings. The van der Waals surface area contributed by atoms with Gasteiger partial charge in [-0.25, -0.2) is 17.2 Å². The summed E-state index contributed by atoms with van der Waals surface area (Å²) in [5, 5.41) is 4.03. The van der Waals surface area contributed by atoms with E-state index >= 15 is 0 Å². The third-order valence-corrected chi connectivity index (χ3v) is 7.47. The van der Waals surface area contributed by atoms with Crippen LogP contribution in [0.3, 0.4) is 0 Å². The summed E-state index contributed by atoms with van der Waals surface area (Å²) in [5.41, 5.74) is 0.186. The van der Waals surface area contributed by atoms with Crippen LogP contribution in [-0.4, -0.2) is 14.3 Å². The number of hydrogen-bond acceptors (Lipinski definition) is 4. The lowest BCUT2D eigenvalue weighted by Gasteiger charge is -2.24. The van der Waals surface area contributed by atoms with Gasteiger partial charge < -0.3 is 5.32 Å². The smallest absolute Gasteiger partial charge is 0.225 e. The summed E-state index contributed by atoms with van der Waals surface area (Å²) in [5.74, 6) is -2.44. The van der Waals surface area contributed by atoms with Crippen LogP contribution in [0.25, 0.3) is 0 Å². The molecule has 0 saturated heterocycles. The van der Waals surface area contributed by atoms with Crippen LogP contribution < -0.4 is 5.32 Å². The number of thiophene rings is 1. The molecule has 0 spiro atoms. The predicted octanol–water partition coefficient (Wildman–Crippen LogP) is 4.33. The van der Waals surface area contributed by atoms with Crippen LogP contribution >= 0.6 is 11.3 Å². The number of hydrogen-bond donors (Lipinski definition) is 1. The van der Waals surface area contributed by atoms with Gasteiger partial charge in [-0.05, 0) is 35.9 Å². The summed E-state index contributed by atoms with van der Waals surface area (Å²) >= 11 is 1.11. The van der Waals surface area contributed by atoms with E-state index in [0.717, 1.165) is 29.5 Å². The van der Waals surface area contributed by atoms with E-state index in [9.17, 15) is 22.0 Å². The van der Waals surface area contributed by atoms with Gasteiger partial charge in [-0.2, -0.15) is 0 Å². The lowest BCUT2D eigenvalue weighted by atomic mass is 9.90. The van der Waals surface area contributed by atoms with Crippen molar-refractivity contribution in [1.82, 2.24) is 0 Å². The minimum Gasteiger partial charge on any atom is -0.324 e. The van der Waals surface area contributed by atoms with Crippen molar-refractivity contribution in [2.75, 3.05) is 5.32 Å². The average Bonchev–Trinajstić information content (AvgIpc) is 3.08. The van der Waals surface area contributed by atoms with E-state index in [1.165, 1.54) is 17.5 Å². The van der Waals surface area contributed by atoms with Crippen molar-refractivity contribution in [1.29, 1.82) is 0 Å². The van der Waals surface area contributed by atoms with Crippen LogP contribution in [-0.2, 0) is 14.6 Å². The summed E-state index contributed by atoms with van der Waals surface area (Å²) in [7, 11) is -3.86. The maximum absolute atomic E-state index is 14.3. The fraction of sp³-hybridized carbons (Fsp3) is 0.105. The molecule has 0 aliphatic carbocycles. The molecule has 2 heterocycles. The molecule has 27 heavy (non-hydrogen) atoms. The van der Waals surface area contributed by atoms with E-state index in [1.54, 1.807) is 18.2 Å². The minimum atomic E-state index is -3.86. The Morgan fingerprint density at radius 3 is 2.56 bits per heavy atom. The summed E-state index contributed by atoms with van der Waals surface area (Å²) in [6.45, 7) is 0. The Hall–Kier alpha value is -2.58. The van der Waals surface area contributed by atoms with Crippen molar-refractivity contribution in [2.24, 2.45) is 0 Å². The first kappa shape index (κ1) is 17.8. The number of carbonyl (C=O) groups excluding carboxylic acids is 1. The molecule has 3 aromatic rings. The molecule has 1 unspecified atom stereocenters. The number of benzene rings is 2. The summed E-state index contributed by atoms with van der Waals surface area (Å²) in [6.07, 6.45) is -0.0846. The highest BCUT2D eigenvalue weighted by atomic mass is 32.2. The van der Waals surface area contributed by atoms with Crippen LogP contribution in [0.1, 0.15) is 22.8 Å². The fourth-order valence-electron chi connectivity index (χ4n) is 3.16. The van der Waals surface area contributed by atoms with Crippen LogP contribution in [0.5, 0.6) is 0 Å². The van der Waals surface area contributed by atoms with Gasteiger partial charge in [-0.1, -0.05) is 18.2 Å². The Labute approximate surface area is 158 Å². The Kier molecular flexibility index (Phi) is 4.32. The zero-order valence-electron chi connectivity index (χ0n) is 13.8. The largest absolute Gasteiger partial charge is 0.324 e. The molecule has 1 aliphatic rings. The van der Waals surface area contributed by atoms with E-state index < -0.39 is 33.3 Å². The van der Waals surface area contributed by atoms with E-state index in [1.807, 2.05) is 0 Å². The molecular weight excluding hydrogens is 392 g/mol. The Balaban J connectivity index is 1.87. The van der Waals surface area contributed by atoms with Crippen molar-refractivity contribution in [3.8, 4) is 0 Å². The van der Waals surface area contributed by atoms with E-state index in [0.29, 0.717) is 4.88 Å². The number of rotatable bonds is 3. The number of sulfone groups is 1. The quantitative estimate of drug-likeness (QED) is 0.705. The first-order chi connectivity index (χ1) is 12.9. The van der Waals surface area contributed by atoms with E-state index in [4.69, 9.17) is 0 Å². The van der Waals surface area contributed by atoms with Gasteiger partial charge in [0, 0.05) is 22.6 Å². The first-order valence-corrected chi connectivity index (χ1v) is 10.4. The average molecular weight is 405 g/mol. The summed E-state index contributed by atoms with van der Waals surface area (Å²) in [6, 6.07) is 10.9. The highest BCUT2D eigenvalue weighted by molar-refractivity contribution is 7.91. The monoisotopic (exact) mass is 405 g/mol. The maximum Gasteiger partial charge on any atom is 0.225 e. The van der Waals surface area contributed by atoms with Gasteiger partial charge in [0.05, 0.1) is 10.6 Å². The number of nitrogens with one attached hydrogen (secondary N) is 1. The minimum absolute atomic E-state index is 0.0384. The maximum atomic E-state index is 14.3. The zero-order valence-corrected chi connectivity index (χ0v) is 15.4. The van der Waals surface area contributed by atoms with Gasteiger partial charge in [-0.3, -0.25) is 4.79 Å². The lowest BCUT2D eigenvalue weighted by Crippen LogP contribution is -2.24. The topological polar surface area (TPSA) is 63.2 Å². The molecule has 4 rings (SSSR count). The number of fused-ring (bicyclic) bond motifs is 1. The Morgan fingerprint density at radius 2 is 1.81 bits per heavy atom. The van der Waals surface area contributed by atoms with Crippen LogP contribution in [0, 0.1) is 11.6 Å².